The number of amides is 1. The third-order valence-electron chi connectivity index (χ3n) is 4.96. The highest BCUT2D eigenvalue weighted by Gasteiger charge is 2.36. The van der Waals surface area contributed by atoms with Crippen molar-refractivity contribution in [2.75, 3.05) is 53.6 Å². The van der Waals surface area contributed by atoms with Crippen LogP contribution in [0.2, 0.25) is 0 Å². The lowest BCUT2D eigenvalue weighted by Crippen LogP contribution is -2.33. The lowest BCUT2D eigenvalue weighted by molar-refractivity contribution is 0.0783. The van der Waals surface area contributed by atoms with Crippen LogP contribution in [0.5, 0.6) is 0 Å². The number of aliphatic hydroxyl groups is 1. The van der Waals surface area contributed by atoms with Gasteiger partial charge in [0.15, 0.2) is 0 Å². The van der Waals surface area contributed by atoms with Gasteiger partial charge in [0.05, 0.1) is 11.5 Å². The maximum atomic E-state index is 12.9. The fraction of sp³-hybridized carbons (Fsp3) is 0.526. The first kappa shape index (κ1) is 18.3. The zero-order valence-electron chi connectivity index (χ0n) is 14.9. The van der Waals surface area contributed by atoms with Crippen molar-refractivity contribution in [2.24, 2.45) is 11.8 Å². The van der Waals surface area contributed by atoms with E-state index >= 15 is 0 Å². The summed E-state index contributed by atoms with van der Waals surface area (Å²) < 4.78 is 6.26. The van der Waals surface area contributed by atoms with Gasteiger partial charge >= 0.3 is 0 Å². The van der Waals surface area contributed by atoms with Gasteiger partial charge in [0.1, 0.15) is 0 Å². The van der Waals surface area contributed by atoms with Crippen LogP contribution in [0, 0.1) is 11.8 Å². The molecule has 1 saturated heterocycles. The summed E-state index contributed by atoms with van der Waals surface area (Å²) in [5.41, 5.74) is 0. The topological polar surface area (TPSA) is 53.0 Å². The van der Waals surface area contributed by atoms with E-state index in [0.29, 0.717) is 25.6 Å². The van der Waals surface area contributed by atoms with Crippen LogP contribution in [0.1, 0.15) is 9.67 Å². The summed E-state index contributed by atoms with van der Waals surface area (Å²) in [5, 5.41) is 10.8. The highest BCUT2D eigenvalue weighted by atomic mass is 32.1. The molecule has 0 radical (unpaired) electrons. The van der Waals surface area contributed by atoms with Crippen LogP contribution in [0.4, 0.5) is 0 Å². The van der Waals surface area contributed by atoms with Gasteiger partial charge in [0.25, 0.3) is 5.91 Å². The zero-order chi connectivity index (χ0) is 17.8. The minimum Gasteiger partial charge on any atom is -0.396 e. The fourth-order valence-electron chi connectivity index (χ4n) is 3.50. The van der Waals surface area contributed by atoms with E-state index in [2.05, 4.69) is 11.9 Å². The molecule has 0 unspecified atom stereocenters. The largest absolute Gasteiger partial charge is 0.396 e. The maximum Gasteiger partial charge on any atom is 0.263 e. The molecule has 1 aromatic heterocycles. The molecule has 1 fully saturated rings. The summed E-state index contributed by atoms with van der Waals surface area (Å²) in [6.07, 6.45) is 0. The van der Waals surface area contributed by atoms with E-state index in [1.54, 1.807) is 18.4 Å². The van der Waals surface area contributed by atoms with Crippen LogP contribution in [-0.2, 0) is 4.74 Å². The molecule has 1 aliphatic rings. The number of benzene rings is 1. The van der Waals surface area contributed by atoms with Gasteiger partial charge in [-0.2, -0.15) is 0 Å². The fourth-order valence-corrected chi connectivity index (χ4v) is 4.53. The number of likely N-dealkylation sites (tertiary alicyclic amines) is 1. The number of ether oxygens (including phenoxy) is 1. The number of nitrogens with zero attached hydrogens (tertiary/aromatic N) is 2. The third kappa shape index (κ3) is 4.20. The Kier molecular flexibility index (Phi) is 6.06. The molecular formula is C19H26N2O3S. The second kappa shape index (κ2) is 8.27. The smallest absolute Gasteiger partial charge is 0.263 e. The molecule has 6 heteroatoms. The van der Waals surface area contributed by atoms with Gasteiger partial charge in [0.2, 0.25) is 0 Å². The summed E-state index contributed by atoms with van der Waals surface area (Å²) in [5.74, 6) is 0.523. The minimum atomic E-state index is 0.0849. The van der Waals surface area contributed by atoms with E-state index in [-0.39, 0.29) is 18.4 Å². The normalized spacial score (nSPS) is 20.7. The van der Waals surface area contributed by atoms with Crippen LogP contribution in [0.25, 0.3) is 10.1 Å². The number of carbonyl (C=O) groups is 1. The molecule has 0 saturated carbocycles. The highest BCUT2D eigenvalue weighted by Crippen LogP contribution is 2.30. The van der Waals surface area contributed by atoms with Crippen molar-refractivity contribution in [1.82, 2.24) is 9.80 Å². The third-order valence-corrected chi connectivity index (χ3v) is 6.06. The van der Waals surface area contributed by atoms with Gasteiger partial charge < -0.3 is 19.6 Å². The summed E-state index contributed by atoms with van der Waals surface area (Å²) in [6.45, 7) is 3.87. The molecule has 2 aromatic rings. The number of hydrogen-bond donors (Lipinski definition) is 1. The van der Waals surface area contributed by atoms with Gasteiger partial charge in [-0.1, -0.05) is 18.2 Å². The van der Waals surface area contributed by atoms with Crippen LogP contribution >= 0.6 is 11.3 Å². The molecule has 0 bridgehead atoms. The van der Waals surface area contributed by atoms with Gasteiger partial charge in [-0.15, -0.1) is 11.3 Å². The number of rotatable bonds is 7. The number of hydrogen-bond acceptors (Lipinski definition) is 5. The van der Waals surface area contributed by atoms with Crippen molar-refractivity contribution in [1.29, 1.82) is 0 Å². The molecule has 0 aliphatic carbocycles. The van der Waals surface area contributed by atoms with E-state index in [1.807, 2.05) is 35.2 Å². The maximum absolute atomic E-state index is 12.9. The van der Waals surface area contributed by atoms with Gasteiger partial charge in [0, 0.05) is 50.5 Å². The average Bonchev–Trinajstić information content (AvgIpc) is 3.23. The molecule has 2 heterocycles. The van der Waals surface area contributed by atoms with E-state index < -0.39 is 0 Å². The van der Waals surface area contributed by atoms with Crippen molar-refractivity contribution in [3.8, 4) is 0 Å². The van der Waals surface area contributed by atoms with Crippen LogP contribution in [-0.4, -0.2) is 74.4 Å². The Labute approximate surface area is 152 Å². The molecule has 2 atom stereocenters. The molecule has 1 aliphatic heterocycles. The van der Waals surface area contributed by atoms with Gasteiger partial charge in [-0.25, -0.2) is 0 Å². The summed E-state index contributed by atoms with van der Waals surface area (Å²) in [4.78, 5) is 17.8. The van der Waals surface area contributed by atoms with Crippen LogP contribution in [0.3, 0.4) is 0 Å². The standard InChI is InChI=1S/C19H26N2O3S/c1-20(7-8-24-2)10-15-11-21(12-16(15)13-22)19(23)18-9-14-5-3-4-6-17(14)25-18/h3-6,9,15-16,22H,7-8,10-13H2,1-2H3/t15-,16-/m1/s1. The Balaban J connectivity index is 1.67. The minimum absolute atomic E-state index is 0.0849. The molecule has 1 aromatic carbocycles. The number of aliphatic hydroxyl groups excluding tert-OH is 1. The second-order valence-corrected chi connectivity index (χ2v) is 7.90. The summed E-state index contributed by atoms with van der Waals surface area (Å²) in [7, 11) is 3.76. The SMILES string of the molecule is COCCN(C)C[C@@H]1CN(C(=O)c2cc3ccccc3s2)C[C@@H]1CO. The van der Waals surface area contributed by atoms with E-state index in [4.69, 9.17) is 4.74 Å². The molecule has 3 rings (SSSR count). The predicted octanol–water partition coefficient (Wildman–Crippen LogP) is 2.16. The molecule has 25 heavy (non-hydrogen) atoms. The second-order valence-electron chi connectivity index (χ2n) is 6.82. The Hall–Kier alpha value is -1.47. The number of likely N-dealkylation sites (N-methyl/N-ethyl adjacent to an activating group) is 1. The Morgan fingerprint density at radius 3 is 2.84 bits per heavy atom. The first-order valence-corrected chi connectivity index (χ1v) is 9.50. The zero-order valence-corrected chi connectivity index (χ0v) is 15.7. The molecule has 5 nitrogen and oxygen atoms in total. The van der Waals surface area contributed by atoms with Gasteiger partial charge in [-0.3, -0.25) is 4.79 Å². The van der Waals surface area contributed by atoms with E-state index in [1.165, 1.54) is 0 Å². The monoisotopic (exact) mass is 362 g/mol. The average molecular weight is 362 g/mol. The first-order valence-electron chi connectivity index (χ1n) is 8.68. The predicted molar refractivity (Wildman–Crippen MR) is 101 cm³/mol. The molecular weight excluding hydrogens is 336 g/mol. The molecule has 1 N–H and O–H groups in total. The van der Waals surface area contributed by atoms with Crippen LogP contribution in [0.15, 0.2) is 30.3 Å². The van der Waals surface area contributed by atoms with Crippen molar-refractivity contribution in [3.05, 3.63) is 35.2 Å². The quantitative estimate of drug-likeness (QED) is 0.820. The Morgan fingerprint density at radius 1 is 1.36 bits per heavy atom. The van der Waals surface area contributed by atoms with Crippen molar-refractivity contribution in [2.45, 2.75) is 0 Å². The highest BCUT2D eigenvalue weighted by molar-refractivity contribution is 7.20. The Bertz CT molecular complexity index is 685. The lowest BCUT2D eigenvalue weighted by atomic mass is 9.96. The van der Waals surface area contributed by atoms with Crippen molar-refractivity contribution < 1.29 is 14.6 Å². The van der Waals surface area contributed by atoms with E-state index in [9.17, 15) is 9.90 Å². The molecule has 1 amide bonds. The number of thiophene rings is 1. The van der Waals surface area contributed by atoms with Gasteiger partial charge in [-0.05, 0) is 30.5 Å². The van der Waals surface area contributed by atoms with Crippen LogP contribution < -0.4 is 0 Å². The lowest BCUT2D eigenvalue weighted by Gasteiger charge is -2.23. The van der Waals surface area contributed by atoms with E-state index in [0.717, 1.165) is 28.1 Å². The summed E-state index contributed by atoms with van der Waals surface area (Å²) >= 11 is 1.55. The molecule has 136 valence electrons. The Morgan fingerprint density at radius 2 is 2.12 bits per heavy atom. The van der Waals surface area contributed by atoms with Crippen molar-refractivity contribution >= 4 is 27.3 Å². The number of methoxy groups -OCH3 is 1. The van der Waals surface area contributed by atoms with Crippen molar-refractivity contribution in [3.63, 3.8) is 0 Å². The molecule has 0 spiro atoms. The number of carbonyl (C=O) groups excluding carboxylic acids is 1. The summed E-state index contributed by atoms with van der Waals surface area (Å²) in [6, 6.07) is 10.1. The number of fused-ring (bicyclic) bond motifs is 1. The first-order chi connectivity index (χ1) is 12.1.